The highest BCUT2D eigenvalue weighted by Crippen LogP contribution is 2.29. The first-order valence-electron chi connectivity index (χ1n) is 5.30. The molecular formula is C13H11Cl2NOS. The maximum atomic E-state index is 10.6. The predicted octanol–water partition coefficient (Wildman–Crippen LogP) is 4.50. The Balaban J connectivity index is 2.18. The zero-order valence-electron chi connectivity index (χ0n) is 9.69. The first kappa shape index (κ1) is 13.4. The van der Waals surface area contributed by atoms with E-state index in [0.717, 1.165) is 27.7 Å². The summed E-state index contributed by atoms with van der Waals surface area (Å²) in [6, 6.07) is 9.15. The van der Waals surface area contributed by atoms with Gasteiger partial charge in [-0.05, 0) is 30.3 Å². The molecule has 2 nitrogen and oxygen atoms in total. The van der Waals surface area contributed by atoms with Gasteiger partial charge in [0.05, 0.1) is 21.6 Å². The standard InChI is InChI=1S/C13H11Cl2NOS/c1-16(7-10-3-5-13(15)18-10)12-4-2-9(8-17)6-11(12)14/h2-6,8H,7H2,1H3. The molecule has 0 N–H and O–H groups in total. The van der Waals surface area contributed by atoms with Gasteiger partial charge in [-0.3, -0.25) is 4.79 Å². The van der Waals surface area contributed by atoms with Crippen molar-refractivity contribution in [2.75, 3.05) is 11.9 Å². The third-order valence-corrected chi connectivity index (χ3v) is 4.06. The van der Waals surface area contributed by atoms with E-state index in [-0.39, 0.29) is 0 Å². The van der Waals surface area contributed by atoms with E-state index in [0.29, 0.717) is 10.6 Å². The minimum atomic E-state index is 0.574. The van der Waals surface area contributed by atoms with Crippen LogP contribution in [0.25, 0.3) is 0 Å². The first-order valence-corrected chi connectivity index (χ1v) is 6.87. The van der Waals surface area contributed by atoms with Crippen LogP contribution in [0.5, 0.6) is 0 Å². The lowest BCUT2D eigenvalue weighted by Crippen LogP contribution is -2.15. The van der Waals surface area contributed by atoms with E-state index < -0.39 is 0 Å². The molecule has 1 aromatic heterocycles. The third-order valence-electron chi connectivity index (χ3n) is 2.54. The summed E-state index contributed by atoms with van der Waals surface area (Å²) in [5.74, 6) is 0. The largest absolute Gasteiger partial charge is 0.368 e. The van der Waals surface area contributed by atoms with Gasteiger partial charge in [-0.1, -0.05) is 23.2 Å². The Labute approximate surface area is 120 Å². The fourth-order valence-corrected chi connectivity index (χ4v) is 3.14. The molecule has 0 bridgehead atoms. The summed E-state index contributed by atoms with van der Waals surface area (Å²) in [5, 5.41) is 0.574. The van der Waals surface area contributed by atoms with Gasteiger partial charge in [0.2, 0.25) is 0 Å². The molecule has 1 aromatic carbocycles. The highest BCUT2D eigenvalue weighted by atomic mass is 35.5. The minimum Gasteiger partial charge on any atom is -0.368 e. The molecule has 2 rings (SSSR count). The fourth-order valence-electron chi connectivity index (χ4n) is 1.66. The number of benzene rings is 1. The van der Waals surface area contributed by atoms with Gasteiger partial charge in [0.15, 0.2) is 0 Å². The molecule has 0 saturated heterocycles. The van der Waals surface area contributed by atoms with E-state index in [1.807, 2.05) is 30.1 Å². The van der Waals surface area contributed by atoms with Crippen LogP contribution in [-0.2, 0) is 6.54 Å². The maximum absolute atomic E-state index is 10.6. The second kappa shape index (κ2) is 5.74. The Morgan fingerprint density at radius 1 is 1.28 bits per heavy atom. The Hall–Kier alpha value is -1.03. The van der Waals surface area contributed by atoms with Gasteiger partial charge in [-0.15, -0.1) is 11.3 Å². The van der Waals surface area contributed by atoms with Crippen molar-refractivity contribution in [2.45, 2.75) is 6.54 Å². The average molecular weight is 300 g/mol. The van der Waals surface area contributed by atoms with Gasteiger partial charge in [0, 0.05) is 17.5 Å². The van der Waals surface area contributed by atoms with E-state index in [1.165, 1.54) is 0 Å². The van der Waals surface area contributed by atoms with Crippen molar-refractivity contribution in [3.8, 4) is 0 Å². The summed E-state index contributed by atoms with van der Waals surface area (Å²) < 4.78 is 0.779. The molecule has 0 aliphatic rings. The number of carbonyl (C=O) groups is 1. The molecule has 0 atom stereocenters. The van der Waals surface area contributed by atoms with E-state index >= 15 is 0 Å². The molecule has 0 aliphatic heterocycles. The van der Waals surface area contributed by atoms with E-state index in [4.69, 9.17) is 23.2 Å². The van der Waals surface area contributed by atoms with Crippen molar-refractivity contribution in [3.63, 3.8) is 0 Å². The maximum Gasteiger partial charge on any atom is 0.150 e. The van der Waals surface area contributed by atoms with Crippen LogP contribution >= 0.6 is 34.5 Å². The van der Waals surface area contributed by atoms with Crippen LogP contribution in [-0.4, -0.2) is 13.3 Å². The monoisotopic (exact) mass is 299 g/mol. The first-order chi connectivity index (χ1) is 8.60. The molecule has 0 unspecified atom stereocenters. The number of halogens is 2. The quantitative estimate of drug-likeness (QED) is 0.775. The molecular weight excluding hydrogens is 289 g/mol. The van der Waals surface area contributed by atoms with Crippen LogP contribution in [0.3, 0.4) is 0 Å². The molecule has 0 amide bonds. The lowest BCUT2D eigenvalue weighted by atomic mass is 10.2. The lowest BCUT2D eigenvalue weighted by Gasteiger charge is -2.19. The lowest BCUT2D eigenvalue weighted by molar-refractivity contribution is 0.112. The number of nitrogens with zero attached hydrogens (tertiary/aromatic N) is 1. The van der Waals surface area contributed by atoms with Crippen LogP contribution in [0.4, 0.5) is 5.69 Å². The Bertz CT molecular complexity index is 568. The van der Waals surface area contributed by atoms with Crippen molar-refractivity contribution in [1.82, 2.24) is 0 Å². The third kappa shape index (κ3) is 3.05. The van der Waals surface area contributed by atoms with Crippen molar-refractivity contribution in [1.29, 1.82) is 0 Å². The van der Waals surface area contributed by atoms with E-state index in [2.05, 4.69) is 0 Å². The number of carbonyl (C=O) groups excluding carboxylic acids is 1. The van der Waals surface area contributed by atoms with Crippen LogP contribution < -0.4 is 4.90 Å². The predicted molar refractivity (Wildman–Crippen MR) is 78.3 cm³/mol. The van der Waals surface area contributed by atoms with Crippen molar-refractivity contribution in [2.24, 2.45) is 0 Å². The smallest absolute Gasteiger partial charge is 0.150 e. The normalized spacial score (nSPS) is 10.4. The van der Waals surface area contributed by atoms with E-state index in [9.17, 15) is 4.79 Å². The number of anilines is 1. The molecule has 18 heavy (non-hydrogen) atoms. The molecule has 0 saturated carbocycles. The zero-order chi connectivity index (χ0) is 13.1. The van der Waals surface area contributed by atoms with Crippen LogP contribution in [0.1, 0.15) is 15.2 Å². The number of hydrogen-bond acceptors (Lipinski definition) is 3. The summed E-state index contributed by atoms with van der Waals surface area (Å²) in [6.45, 7) is 0.734. The number of aldehydes is 1. The molecule has 0 aliphatic carbocycles. The Morgan fingerprint density at radius 2 is 2.06 bits per heavy atom. The Morgan fingerprint density at radius 3 is 2.61 bits per heavy atom. The zero-order valence-corrected chi connectivity index (χ0v) is 12.0. The molecule has 94 valence electrons. The summed E-state index contributed by atoms with van der Waals surface area (Å²) in [4.78, 5) is 13.8. The van der Waals surface area contributed by atoms with Gasteiger partial charge >= 0.3 is 0 Å². The fraction of sp³-hybridized carbons (Fsp3) is 0.154. The summed E-state index contributed by atoms with van der Waals surface area (Å²) in [7, 11) is 1.95. The molecule has 0 radical (unpaired) electrons. The van der Waals surface area contributed by atoms with E-state index in [1.54, 1.807) is 23.5 Å². The van der Waals surface area contributed by atoms with Crippen LogP contribution in [0.2, 0.25) is 9.36 Å². The summed E-state index contributed by atoms with van der Waals surface area (Å²) in [6.07, 6.45) is 0.786. The minimum absolute atomic E-state index is 0.574. The molecule has 2 aromatic rings. The van der Waals surface area contributed by atoms with Gasteiger partial charge in [-0.2, -0.15) is 0 Å². The topological polar surface area (TPSA) is 20.3 Å². The van der Waals surface area contributed by atoms with Gasteiger partial charge in [-0.25, -0.2) is 0 Å². The van der Waals surface area contributed by atoms with Crippen LogP contribution in [0, 0.1) is 0 Å². The van der Waals surface area contributed by atoms with Crippen molar-refractivity contribution >= 4 is 46.5 Å². The average Bonchev–Trinajstić information content (AvgIpc) is 2.74. The summed E-state index contributed by atoms with van der Waals surface area (Å²) in [5.41, 5.74) is 1.48. The highest BCUT2D eigenvalue weighted by molar-refractivity contribution is 7.16. The van der Waals surface area contributed by atoms with Crippen molar-refractivity contribution in [3.05, 3.63) is 50.1 Å². The molecule has 0 spiro atoms. The number of rotatable bonds is 4. The highest BCUT2D eigenvalue weighted by Gasteiger charge is 2.08. The second-order valence-electron chi connectivity index (χ2n) is 3.89. The molecule has 5 heteroatoms. The van der Waals surface area contributed by atoms with Gasteiger partial charge in [0.1, 0.15) is 6.29 Å². The van der Waals surface area contributed by atoms with Gasteiger partial charge in [0.25, 0.3) is 0 Å². The SMILES string of the molecule is CN(Cc1ccc(Cl)s1)c1ccc(C=O)cc1Cl. The molecule has 1 heterocycles. The summed E-state index contributed by atoms with van der Waals surface area (Å²) >= 11 is 13.6. The van der Waals surface area contributed by atoms with Crippen LogP contribution in [0.15, 0.2) is 30.3 Å². The van der Waals surface area contributed by atoms with Crippen molar-refractivity contribution < 1.29 is 4.79 Å². The number of hydrogen-bond donors (Lipinski definition) is 0. The second-order valence-corrected chi connectivity index (χ2v) is 6.10. The van der Waals surface area contributed by atoms with Gasteiger partial charge < -0.3 is 4.90 Å². The molecule has 0 fully saturated rings. The Kier molecular flexibility index (Phi) is 4.27. The number of thiophene rings is 1.